The molecule has 0 spiro atoms. The first-order valence-electron chi connectivity index (χ1n) is 8.79. The van der Waals surface area contributed by atoms with Crippen molar-refractivity contribution in [3.8, 4) is 0 Å². The van der Waals surface area contributed by atoms with Crippen molar-refractivity contribution in [1.29, 1.82) is 0 Å². The van der Waals surface area contributed by atoms with Crippen LogP contribution in [0.15, 0.2) is 42.0 Å². The molecular weight excluding hydrogens is 374 g/mol. The topological polar surface area (TPSA) is 87.2 Å². The van der Waals surface area contributed by atoms with Crippen LogP contribution < -0.4 is 15.5 Å². The van der Waals surface area contributed by atoms with E-state index in [9.17, 15) is 9.59 Å². The summed E-state index contributed by atoms with van der Waals surface area (Å²) < 4.78 is 0. The third-order valence-corrected chi connectivity index (χ3v) is 5.61. The molecule has 0 radical (unpaired) electrons. The highest BCUT2D eigenvalue weighted by Gasteiger charge is 2.28. The Hall–Kier alpha value is -3.26. The lowest BCUT2D eigenvalue weighted by Crippen LogP contribution is -2.38. The zero-order valence-corrected chi connectivity index (χ0v) is 16.5. The fraction of sp³-hybridized carbons (Fsp3) is 0.200. The zero-order chi connectivity index (χ0) is 19.8. The van der Waals surface area contributed by atoms with Gasteiger partial charge in [-0.1, -0.05) is 12.1 Å². The molecule has 0 saturated heterocycles. The van der Waals surface area contributed by atoms with Crippen molar-refractivity contribution in [2.75, 3.05) is 10.2 Å². The maximum atomic E-state index is 12.4. The van der Waals surface area contributed by atoms with E-state index in [0.717, 1.165) is 16.8 Å². The second-order valence-corrected chi connectivity index (χ2v) is 7.44. The summed E-state index contributed by atoms with van der Waals surface area (Å²) in [5, 5.41) is 8.53. The molecule has 1 aromatic carbocycles. The van der Waals surface area contributed by atoms with Gasteiger partial charge in [-0.15, -0.1) is 11.3 Å². The SMILES string of the molecule is CC(=O)N(c1nc(C2NC(=O)c3ccncc3N2)cs1)c1cccc(C)c1C. The van der Waals surface area contributed by atoms with Gasteiger partial charge in [0.1, 0.15) is 6.17 Å². The highest BCUT2D eigenvalue weighted by molar-refractivity contribution is 7.14. The van der Waals surface area contributed by atoms with Gasteiger partial charge in [-0.2, -0.15) is 0 Å². The fourth-order valence-electron chi connectivity index (χ4n) is 3.15. The van der Waals surface area contributed by atoms with Gasteiger partial charge in [-0.25, -0.2) is 4.98 Å². The van der Waals surface area contributed by atoms with Crippen molar-refractivity contribution < 1.29 is 9.59 Å². The predicted octanol–water partition coefficient (Wildman–Crippen LogP) is 3.69. The van der Waals surface area contributed by atoms with Crippen LogP contribution in [0.4, 0.5) is 16.5 Å². The first-order chi connectivity index (χ1) is 13.5. The Labute approximate surface area is 166 Å². The number of amides is 2. The number of benzene rings is 1. The number of anilines is 3. The summed E-state index contributed by atoms with van der Waals surface area (Å²) in [5.41, 5.74) is 4.78. The molecule has 8 heteroatoms. The van der Waals surface area contributed by atoms with Gasteiger partial charge in [0.2, 0.25) is 5.91 Å². The van der Waals surface area contributed by atoms with Crippen LogP contribution in [0.2, 0.25) is 0 Å². The Morgan fingerprint density at radius 3 is 2.82 bits per heavy atom. The normalized spacial score (nSPS) is 15.4. The Bertz CT molecular complexity index is 1080. The van der Waals surface area contributed by atoms with E-state index in [0.29, 0.717) is 22.1 Å². The van der Waals surface area contributed by atoms with E-state index in [1.54, 1.807) is 23.4 Å². The first kappa shape index (κ1) is 18.1. The largest absolute Gasteiger partial charge is 0.358 e. The zero-order valence-electron chi connectivity index (χ0n) is 15.7. The second-order valence-electron chi connectivity index (χ2n) is 6.60. The number of thiazole rings is 1. The van der Waals surface area contributed by atoms with E-state index < -0.39 is 6.17 Å². The second kappa shape index (κ2) is 7.05. The Morgan fingerprint density at radius 1 is 1.21 bits per heavy atom. The quantitative estimate of drug-likeness (QED) is 0.709. The molecule has 1 unspecified atom stereocenters. The van der Waals surface area contributed by atoms with Crippen molar-refractivity contribution in [2.45, 2.75) is 26.9 Å². The van der Waals surface area contributed by atoms with Gasteiger partial charge in [0, 0.05) is 18.5 Å². The summed E-state index contributed by atoms with van der Waals surface area (Å²) in [5.74, 6) is -0.307. The molecule has 3 heterocycles. The Morgan fingerprint density at radius 2 is 2.04 bits per heavy atom. The number of nitrogens with zero attached hydrogens (tertiary/aromatic N) is 3. The van der Waals surface area contributed by atoms with Gasteiger partial charge in [-0.3, -0.25) is 19.5 Å². The summed E-state index contributed by atoms with van der Waals surface area (Å²) in [6.07, 6.45) is 2.71. The summed E-state index contributed by atoms with van der Waals surface area (Å²) >= 11 is 1.36. The maximum absolute atomic E-state index is 12.4. The van der Waals surface area contributed by atoms with E-state index in [2.05, 4.69) is 20.6 Å². The van der Waals surface area contributed by atoms with Crippen LogP contribution in [0.3, 0.4) is 0 Å². The summed E-state index contributed by atoms with van der Waals surface area (Å²) in [4.78, 5) is 35.1. The number of aryl methyl sites for hydroxylation is 1. The lowest BCUT2D eigenvalue weighted by Gasteiger charge is -2.26. The van der Waals surface area contributed by atoms with E-state index >= 15 is 0 Å². The van der Waals surface area contributed by atoms with Crippen molar-refractivity contribution in [2.24, 2.45) is 0 Å². The molecule has 1 atom stereocenters. The average molecular weight is 393 g/mol. The number of fused-ring (bicyclic) bond motifs is 1. The van der Waals surface area contributed by atoms with Crippen LogP contribution in [0.25, 0.3) is 0 Å². The van der Waals surface area contributed by atoms with Crippen LogP contribution in [0, 0.1) is 13.8 Å². The molecule has 3 aromatic rings. The molecule has 0 aliphatic carbocycles. The molecule has 7 nitrogen and oxygen atoms in total. The molecule has 2 N–H and O–H groups in total. The Balaban J connectivity index is 1.68. The monoisotopic (exact) mass is 393 g/mol. The number of hydrogen-bond donors (Lipinski definition) is 2. The molecule has 1 aliphatic heterocycles. The summed E-state index contributed by atoms with van der Waals surface area (Å²) in [6, 6.07) is 7.51. The van der Waals surface area contributed by atoms with Gasteiger partial charge in [0.15, 0.2) is 5.13 Å². The number of rotatable bonds is 3. The average Bonchev–Trinajstić information content (AvgIpc) is 3.15. The smallest absolute Gasteiger partial charge is 0.255 e. The molecule has 1 aliphatic rings. The minimum Gasteiger partial charge on any atom is -0.358 e. The van der Waals surface area contributed by atoms with Crippen LogP contribution in [0.1, 0.15) is 40.3 Å². The first-order valence-corrected chi connectivity index (χ1v) is 9.67. The standard InChI is InChI=1S/C20H19N5O2S/c1-11-5-4-6-17(12(11)2)25(13(3)26)20-23-16(10-28-20)18-22-15-9-21-8-7-14(15)19(27)24-18/h4-10,18,22H,1-3H3,(H,24,27). The van der Waals surface area contributed by atoms with E-state index in [4.69, 9.17) is 0 Å². The molecule has 142 valence electrons. The van der Waals surface area contributed by atoms with Gasteiger partial charge >= 0.3 is 0 Å². The van der Waals surface area contributed by atoms with E-state index in [1.165, 1.54) is 18.3 Å². The minimum atomic E-state index is -0.485. The Kier molecular flexibility index (Phi) is 4.56. The lowest BCUT2D eigenvalue weighted by molar-refractivity contribution is -0.115. The minimum absolute atomic E-state index is 0.121. The molecule has 4 rings (SSSR count). The number of carbonyl (C=O) groups is 2. The van der Waals surface area contributed by atoms with Crippen LogP contribution in [0.5, 0.6) is 0 Å². The van der Waals surface area contributed by atoms with Crippen molar-refractivity contribution in [3.63, 3.8) is 0 Å². The van der Waals surface area contributed by atoms with Crippen molar-refractivity contribution in [1.82, 2.24) is 15.3 Å². The molecular formula is C20H19N5O2S. The van der Waals surface area contributed by atoms with Gasteiger partial charge in [0.25, 0.3) is 5.91 Å². The molecule has 0 fully saturated rings. The van der Waals surface area contributed by atoms with E-state index in [1.807, 2.05) is 37.4 Å². The lowest BCUT2D eigenvalue weighted by atomic mass is 10.1. The maximum Gasteiger partial charge on any atom is 0.255 e. The number of aromatic nitrogens is 2. The van der Waals surface area contributed by atoms with Crippen molar-refractivity contribution >= 4 is 39.7 Å². The van der Waals surface area contributed by atoms with Gasteiger partial charge in [-0.05, 0) is 37.1 Å². The summed E-state index contributed by atoms with van der Waals surface area (Å²) in [7, 11) is 0. The number of carbonyl (C=O) groups excluding carboxylic acids is 2. The van der Waals surface area contributed by atoms with E-state index in [-0.39, 0.29) is 11.8 Å². The third-order valence-electron chi connectivity index (χ3n) is 4.77. The predicted molar refractivity (Wildman–Crippen MR) is 109 cm³/mol. The van der Waals surface area contributed by atoms with Gasteiger partial charge in [0.05, 0.1) is 28.8 Å². The highest BCUT2D eigenvalue weighted by atomic mass is 32.1. The van der Waals surface area contributed by atoms with Gasteiger partial charge < -0.3 is 10.6 Å². The number of pyridine rings is 1. The van der Waals surface area contributed by atoms with Crippen LogP contribution in [-0.4, -0.2) is 21.8 Å². The van der Waals surface area contributed by atoms with Crippen LogP contribution in [-0.2, 0) is 4.79 Å². The highest BCUT2D eigenvalue weighted by Crippen LogP contribution is 2.34. The molecule has 0 saturated carbocycles. The molecule has 2 amide bonds. The molecule has 2 aromatic heterocycles. The molecule has 0 bridgehead atoms. The number of nitrogens with one attached hydrogen (secondary N) is 2. The molecule has 28 heavy (non-hydrogen) atoms. The number of hydrogen-bond acceptors (Lipinski definition) is 6. The van der Waals surface area contributed by atoms with Crippen LogP contribution >= 0.6 is 11.3 Å². The third kappa shape index (κ3) is 3.11. The fourth-order valence-corrected chi connectivity index (χ4v) is 4.06. The van der Waals surface area contributed by atoms with Crippen molar-refractivity contribution in [3.05, 3.63) is 64.4 Å². The summed E-state index contributed by atoms with van der Waals surface area (Å²) in [6.45, 7) is 5.52.